The number of pyridine rings is 1. The Labute approximate surface area is 145 Å². The average molecular weight is 361 g/mol. The van der Waals surface area contributed by atoms with Gasteiger partial charge in [-0.2, -0.15) is 4.73 Å². The Morgan fingerprint density at radius 1 is 0.958 bits per heavy atom. The van der Waals surface area contributed by atoms with Gasteiger partial charge in [-0.05, 0) is 47.5 Å². The van der Waals surface area contributed by atoms with Crippen LogP contribution in [0, 0.1) is 0 Å². The van der Waals surface area contributed by atoms with Crippen molar-refractivity contribution in [3.8, 4) is 11.1 Å². The second-order valence-corrected chi connectivity index (χ2v) is 6.62. The lowest BCUT2D eigenvalue weighted by Gasteiger charge is -2.07. The molecule has 122 valence electrons. The normalized spacial score (nSPS) is 11.9. The van der Waals surface area contributed by atoms with E-state index in [1.165, 1.54) is 18.3 Å². The molecule has 0 fully saturated rings. The molecule has 0 bridgehead atoms. The van der Waals surface area contributed by atoms with Crippen molar-refractivity contribution in [2.75, 3.05) is 4.72 Å². The van der Waals surface area contributed by atoms with Gasteiger partial charge in [0.1, 0.15) is 16.7 Å². The summed E-state index contributed by atoms with van der Waals surface area (Å²) >= 11 is 5.87. The first kappa shape index (κ1) is 16.3. The summed E-state index contributed by atoms with van der Waals surface area (Å²) in [5.74, 6) is 0. The second kappa shape index (κ2) is 6.90. The van der Waals surface area contributed by atoms with E-state index in [0.717, 1.165) is 11.1 Å². The van der Waals surface area contributed by atoms with E-state index in [1.54, 1.807) is 24.3 Å². The van der Waals surface area contributed by atoms with Gasteiger partial charge in [0.05, 0.1) is 4.90 Å². The molecule has 5 nitrogen and oxygen atoms in total. The van der Waals surface area contributed by atoms with Gasteiger partial charge in [0.15, 0.2) is 0 Å². The maximum atomic E-state index is 12.3. The molecule has 1 atom stereocenters. The number of halogens is 1. The minimum absolute atomic E-state index is 0.0557. The molecule has 1 heterocycles. The lowest BCUT2D eigenvalue weighted by atomic mass is 10.1. The van der Waals surface area contributed by atoms with Gasteiger partial charge in [-0.25, -0.2) is 4.21 Å². The summed E-state index contributed by atoms with van der Waals surface area (Å²) in [6, 6.07) is 17.5. The van der Waals surface area contributed by atoms with Crippen LogP contribution in [0.3, 0.4) is 0 Å². The largest absolute Gasteiger partial charge is 0.425 e. The van der Waals surface area contributed by atoms with Crippen molar-refractivity contribution < 1.29 is 9.42 Å². The van der Waals surface area contributed by atoms with Crippen LogP contribution in [0.1, 0.15) is 0 Å². The summed E-state index contributed by atoms with van der Waals surface area (Å²) < 4.78 is 15.4. The molecule has 1 unspecified atom stereocenters. The molecule has 7 heteroatoms. The van der Waals surface area contributed by atoms with Crippen LogP contribution >= 0.6 is 11.6 Å². The number of rotatable bonds is 4. The van der Waals surface area contributed by atoms with Gasteiger partial charge in [-0.3, -0.25) is 9.52 Å². The molecule has 1 aromatic heterocycles. The summed E-state index contributed by atoms with van der Waals surface area (Å²) in [5, 5.41) is 9.99. The molecule has 0 aliphatic rings. The number of nitrogens with zero attached hydrogens (tertiary/aromatic N) is 1. The molecular weight excluding hydrogens is 348 g/mol. The highest BCUT2D eigenvalue weighted by atomic mass is 35.5. The number of aromatic nitrogens is 1. The smallest absolute Gasteiger partial charge is 0.307 e. The Balaban J connectivity index is 1.80. The highest BCUT2D eigenvalue weighted by molar-refractivity contribution is 7.86. The van der Waals surface area contributed by atoms with E-state index >= 15 is 0 Å². The number of benzene rings is 2. The molecule has 0 aliphatic heterocycles. The fourth-order valence-electron chi connectivity index (χ4n) is 2.13. The molecule has 0 saturated heterocycles. The number of anilines is 1. The van der Waals surface area contributed by atoms with Crippen LogP contribution in [0.25, 0.3) is 11.1 Å². The first-order valence-corrected chi connectivity index (χ1v) is 8.53. The molecule has 0 radical (unpaired) electrons. The Bertz CT molecular complexity index is 937. The van der Waals surface area contributed by atoms with Crippen LogP contribution in [-0.2, 0) is 11.0 Å². The molecule has 2 aromatic carbocycles. The number of nitrogens with one attached hydrogen (secondary N) is 1. The van der Waals surface area contributed by atoms with Crippen molar-refractivity contribution in [2.24, 2.45) is 0 Å². The summed E-state index contributed by atoms with van der Waals surface area (Å²) in [6.45, 7) is 0. The van der Waals surface area contributed by atoms with Gasteiger partial charge in [-0.1, -0.05) is 35.9 Å². The predicted octanol–water partition coefficient (Wildman–Crippen LogP) is 3.54. The highest BCUT2D eigenvalue weighted by Gasteiger charge is 2.08. The van der Waals surface area contributed by atoms with Gasteiger partial charge in [0, 0.05) is 11.2 Å². The fourth-order valence-corrected chi connectivity index (χ4v) is 3.12. The predicted molar refractivity (Wildman–Crippen MR) is 94.8 cm³/mol. The van der Waals surface area contributed by atoms with E-state index in [2.05, 4.69) is 4.72 Å². The van der Waals surface area contributed by atoms with Crippen LogP contribution in [0.5, 0.6) is 0 Å². The maximum Gasteiger partial charge on any atom is 0.307 e. The summed E-state index contributed by atoms with van der Waals surface area (Å²) in [7, 11) is -1.62. The third kappa shape index (κ3) is 3.50. The van der Waals surface area contributed by atoms with Crippen molar-refractivity contribution in [3.05, 3.63) is 82.2 Å². The van der Waals surface area contributed by atoms with Crippen molar-refractivity contribution in [1.82, 2.24) is 4.73 Å². The number of hydrogen-bond donors (Lipinski definition) is 2. The van der Waals surface area contributed by atoms with Crippen LogP contribution in [-0.4, -0.2) is 14.1 Å². The molecular formula is C17H13ClN2O3S. The molecule has 24 heavy (non-hydrogen) atoms. The zero-order valence-electron chi connectivity index (χ0n) is 12.3. The summed E-state index contributed by atoms with van der Waals surface area (Å²) in [6.07, 6.45) is 1.21. The lowest BCUT2D eigenvalue weighted by Crippen LogP contribution is -2.21. The molecule has 2 N–H and O–H groups in total. The van der Waals surface area contributed by atoms with E-state index in [0.29, 0.717) is 14.6 Å². The summed E-state index contributed by atoms with van der Waals surface area (Å²) in [5.41, 5.74) is 1.35. The molecule has 3 aromatic rings. The topological polar surface area (TPSA) is 71.3 Å². The van der Waals surface area contributed by atoms with Crippen LogP contribution < -0.4 is 10.3 Å². The maximum absolute atomic E-state index is 12.3. The average Bonchev–Trinajstić information content (AvgIpc) is 2.60. The Kier molecular flexibility index (Phi) is 4.69. The van der Waals surface area contributed by atoms with E-state index < -0.39 is 16.5 Å². The molecule has 0 aliphatic carbocycles. The Morgan fingerprint density at radius 3 is 2.17 bits per heavy atom. The molecule has 0 spiro atoms. The third-order valence-corrected chi connectivity index (χ3v) is 4.73. The van der Waals surface area contributed by atoms with Crippen LogP contribution in [0.15, 0.2) is 76.6 Å². The minimum atomic E-state index is -1.62. The second-order valence-electron chi connectivity index (χ2n) is 4.97. The van der Waals surface area contributed by atoms with Gasteiger partial charge in [-0.15, -0.1) is 0 Å². The quantitative estimate of drug-likeness (QED) is 0.699. The van der Waals surface area contributed by atoms with E-state index in [9.17, 15) is 14.2 Å². The Morgan fingerprint density at radius 2 is 1.54 bits per heavy atom. The van der Waals surface area contributed by atoms with Crippen LogP contribution in [0.4, 0.5) is 5.69 Å². The van der Waals surface area contributed by atoms with E-state index in [-0.39, 0.29) is 5.69 Å². The van der Waals surface area contributed by atoms with Crippen molar-refractivity contribution in [3.63, 3.8) is 0 Å². The molecule has 3 rings (SSSR count). The lowest BCUT2D eigenvalue weighted by molar-refractivity contribution is 0.175. The molecule has 0 saturated carbocycles. The van der Waals surface area contributed by atoms with Gasteiger partial charge in [0.2, 0.25) is 0 Å². The summed E-state index contributed by atoms with van der Waals surface area (Å²) in [4.78, 5) is 12.2. The first-order chi connectivity index (χ1) is 11.5. The highest BCUT2D eigenvalue weighted by Crippen LogP contribution is 2.22. The standard InChI is InChI=1S/C17H13ClN2O3S/c18-14-7-3-12(4-8-14)13-5-9-15(10-6-13)24(23)19-16-2-1-11-20(22)17(16)21/h1-11,19,22H. The van der Waals surface area contributed by atoms with Crippen LogP contribution in [0.2, 0.25) is 5.02 Å². The number of hydrogen-bond acceptors (Lipinski definition) is 3. The first-order valence-electron chi connectivity index (χ1n) is 7.00. The van der Waals surface area contributed by atoms with Gasteiger partial charge >= 0.3 is 5.56 Å². The monoisotopic (exact) mass is 360 g/mol. The minimum Gasteiger partial charge on any atom is -0.425 e. The fraction of sp³-hybridized carbons (Fsp3) is 0. The van der Waals surface area contributed by atoms with E-state index in [4.69, 9.17) is 11.6 Å². The zero-order valence-corrected chi connectivity index (χ0v) is 13.9. The SMILES string of the molecule is O=c1c(NS(=O)c2ccc(-c3ccc(Cl)cc3)cc2)cccn1O. The Hall–Kier alpha value is -2.57. The zero-order chi connectivity index (χ0) is 17.1. The third-order valence-electron chi connectivity index (χ3n) is 3.38. The van der Waals surface area contributed by atoms with Gasteiger partial charge in [0.25, 0.3) is 0 Å². The van der Waals surface area contributed by atoms with Crippen molar-refractivity contribution >= 4 is 28.3 Å². The van der Waals surface area contributed by atoms with Gasteiger partial charge < -0.3 is 5.21 Å². The van der Waals surface area contributed by atoms with Crippen molar-refractivity contribution in [1.29, 1.82) is 0 Å². The van der Waals surface area contributed by atoms with Crippen molar-refractivity contribution in [2.45, 2.75) is 4.90 Å². The van der Waals surface area contributed by atoms with E-state index in [1.807, 2.05) is 24.3 Å². The molecule has 0 amide bonds.